The molecule has 2 heterocycles. The molecule has 3 nitrogen and oxygen atoms in total. The summed E-state index contributed by atoms with van der Waals surface area (Å²) in [6.45, 7) is 10.2. The van der Waals surface area contributed by atoms with Crippen LogP contribution in [0.1, 0.15) is 70.2 Å². The average molecular weight is 412 g/mol. The molecule has 2 aromatic heterocycles. The van der Waals surface area contributed by atoms with E-state index < -0.39 is 0 Å². The molecule has 1 aromatic carbocycles. The Balaban J connectivity index is 1.69. The van der Waals surface area contributed by atoms with E-state index in [2.05, 4.69) is 68.9 Å². The van der Waals surface area contributed by atoms with Crippen LogP contribution in [0.25, 0.3) is 21.0 Å². The van der Waals surface area contributed by atoms with Crippen molar-refractivity contribution in [2.45, 2.75) is 78.2 Å². The Morgan fingerprint density at radius 1 is 1.00 bits per heavy atom. The highest BCUT2D eigenvalue weighted by Crippen LogP contribution is 2.36. The summed E-state index contributed by atoms with van der Waals surface area (Å²) in [5.74, 6) is 0.669. The van der Waals surface area contributed by atoms with Gasteiger partial charge in [-0.3, -0.25) is 0 Å². The SMILES string of the molecule is CCCCc1cc2c(N)nc3ccc(CCCCCN(C)C(C)(C)C)cc3c2s1. The lowest BCUT2D eigenvalue weighted by molar-refractivity contribution is 0.172. The maximum atomic E-state index is 6.26. The molecule has 2 N–H and O–H groups in total. The molecule has 0 fully saturated rings. The number of hydrogen-bond acceptors (Lipinski definition) is 4. The van der Waals surface area contributed by atoms with Gasteiger partial charge in [0.15, 0.2) is 0 Å². The first-order chi connectivity index (χ1) is 13.8. The number of fused-ring (bicyclic) bond motifs is 3. The number of nitrogen functional groups attached to an aromatic ring is 1. The van der Waals surface area contributed by atoms with Crippen LogP contribution in [0, 0.1) is 0 Å². The van der Waals surface area contributed by atoms with Crippen molar-refractivity contribution in [2.24, 2.45) is 0 Å². The quantitative estimate of drug-likeness (QED) is 0.393. The van der Waals surface area contributed by atoms with E-state index in [1.54, 1.807) is 0 Å². The first-order valence-corrected chi connectivity index (χ1v) is 11.9. The van der Waals surface area contributed by atoms with E-state index >= 15 is 0 Å². The molecule has 3 aromatic rings. The van der Waals surface area contributed by atoms with Gasteiger partial charge in [0.1, 0.15) is 5.82 Å². The molecule has 0 atom stereocenters. The van der Waals surface area contributed by atoms with Gasteiger partial charge in [-0.15, -0.1) is 11.3 Å². The molecule has 0 aliphatic heterocycles. The molecule has 3 rings (SSSR count). The lowest BCUT2D eigenvalue weighted by Crippen LogP contribution is -2.38. The maximum Gasteiger partial charge on any atom is 0.132 e. The van der Waals surface area contributed by atoms with E-state index in [0.29, 0.717) is 5.82 Å². The molecule has 0 saturated carbocycles. The molecule has 0 unspecified atom stereocenters. The van der Waals surface area contributed by atoms with Crippen molar-refractivity contribution >= 4 is 38.1 Å². The predicted molar refractivity (Wildman–Crippen MR) is 130 cm³/mol. The van der Waals surface area contributed by atoms with Crippen LogP contribution in [0.5, 0.6) is 0 Å². The van der Waals surface area contributed by atoms with Gasteiger partial charge < -0.3 is 10.6 Å². The number of hydrogen-bond donors (Lipinski definition) is 1. The average Bonchev–Trinajstić information content (AvgIpc) is 3.11. The monoisotopic (exact) mass is 411 g/mol. The number of aromatic nitrogens is 1. The Bertz CT molecular complexity index is 952. The number of rotatable bonds is 9. The van der Waals surface area contributed by atoms with Crippen molar-refractivity contribution < 1.29 is 0 Å². The Kier molecular flexibility index (Phi) is 7.18. The zero-order valence-corrected chi connectivity index (χ0v) is 19.7. The minimum absolute atomic E-state index is 0.259. The van der Waals surface area contributed by atoms with E-state index in [1.807, 2.05) is 11.3 Å². The van der Waals surface area contributed by atoms with Gasteiger partial charge in [0.05, 0.1) is 5.52 Å². The third-order valence-electron chi connectivity index (χ3n) is 5.99. The van der Waals surface area contributed by atoms with E-state index in [0.717, 1.165) is 23.7 Å². The van der Waals surface area contributed by atoms with Gasteiger partial charge in [-0.1, -0.05) is 25.8 Å². The molecular formula is C25H37N3S. The van der Waals surface area contributed by atoms with Crippen LogP contribution in [-0.4, -0.2) is 29.0 Å². The summed E-state index contributed by atoms with van der Waals surface area (Å²) in [5.41, 5.74) is 8.96. The number of nitrogens with two attached hydrogens (primary N) is 1. The summed E-state index contributed by atoms with van der Waals surface area (Å²) in [7, 11) is 2.23. The normalized spacial score (nSPS) is 12.5. The largest absolute Gasteiger partial charge is 0.383 e. The fourth-order valence-corrected chi connectivity index (χ4v) is 4.94. The van der Waals surface area contributed by atoms with Gasteiger partial charge in [-0.25, -0.2) is 4.98 Å². The molecule has 29 heavy (non-hydrogen) atoms. The van der Waals surface area contributed by atoms with Gasteiger partial charge in [0.2, 0.25) is 0 Å². The van der Waals surface area contributed by atoms with Crippen molar-refractivity contribution in [3.63, 3.8) is 0 Å². The van der Waals surface area contributed by atoms with Gasteiger partial charge in [-0.2, -0.15) is 0 Å². The second-order valence-corrected chi connectivity index (χ2v) is 10.4. The van der Waals surface area contributed by atoms with Crippen LogP contribution in [0.3, 0.4) is 0 Å². The molecule has 158 valence electrons. The smallest absolute Gasteiger partial charge is 0.132 e. The molecule has 4 heteroatoms. The summed E-state index contributed by atoms with van der Waals surface area (Å²) in [5, 5.41) is 2.41. The van der Waals surface area contributed by atoms with Gasteiger partial charge in [0.25, 0.3) is 0 Å². The highest BCUT2D eigenvalue weighted by atomic mass is 32.1. The first kappa shape index (κ1) is 22.0. The third-order valence-corrected chi connectivity index (χ3v) is 7.21. The molecule has 0 amide bonds. The Morgan fingerprint density at radius 2 is 1.79 bits per heavy atom. The fraction of sp³-hybridized carbons (Fsp3) is 0.560. The number of anilines is 1. The number of unbranched alkanes of at least 4 members (excludes halogenated alkanes) is 3. The van der Waals surface area contributed by atoms with Crippen molar-refractivity contribution in [1.29, 1.82) is 0 Å². The molecule has 0 spiro atoms. The highest BCUT2D eigenvalue weighted by molar-refractivity contribution is 7.20. The van der Waals surface area contributed by atoms with Crippen LogP contribution in [0.4, 0.5) is 5.82 Å². The zero-order chi connectivity index (χ0) is 21.0. The van der Waals surface area contributed by atoms with Gasteiger partial charge in [-0.05, 0) is 90.2 Å². The summed E-state index contributed by atoms with van der Waals surface area (Å²) < 4.78 is 1.31. The van der Waals surface area contributed by atoms with Crippen molar-refractivity contribution in [3.8, 4) is 0 Å². The van der Waals surface area contributed by atoms with Crippen LogP contribution >= 0.6 is 11.3 Å². The zero-order valence-electron chi connectivity index (χ0n) is 18.8. The lowest BCUT2D eigenvalue weighted by Gasteiger charge is -2.31. The number of thiophene rings is 1. The van der Waals surface area contributed by atoms with E-state index in [9.17, 15) is 0 Å². The lowest BCUT2D eigenvalue weighted by atomic mass is 10.0. The van der Waals surface area contributed by atoms with Crippen LogP contribution in [0.2, 0.25) is 0 Å². The number of pyridine rings is 1. The van der Waals surface area contributed by atoms with Crippen molar-refractivity contribution in [1.82, 2.24) is 9.88 Å². The van der Waals surface area contributed by atoms with Crippen LogP contribution in [0.15, 0.2) is 24.3 Å². The predicted octanol–water partition coefficient (Wildman–Crippen LogP) is 6.82. The van der Waals surface area contributed by atoms with Crippen LogP contribution < -0.4 is 5.73 Å². The molecule has 0 bridgehead atoms. The van der Waals surface area contributed by atoms with E-state index in [1.165, 1.54) is 59.2 Å². The maximum absolute atomic E-state index is 6.26. The molecule has 0 saturated heterocycles. The van der Waals surface area contributed by atoms with Crippen LogP contribution in [-0.2, 0) is 12.8 Å². The molecule has 0 radical (unpaired) electrons. The number of benzene rings is 1. The summed E-state index contributed by atoms with van der Waals surface area (Å²) >= 11 is 1.90. The number of aryl methyl sites for hydroxylation is 2. The third kappa shape index (κ3) is 5.49. The van der Waals surface area contributed by atoms with Crippen molar-refractivity contribution in [2.75, 3.05) is 19.3 Å². The van der Waals surface area contributed by atoms with Crippen molar-refractivity contribution in [3.05, 3.63) is 34.7 Å². The topological polar surface area (TPSA) is 42.1 Å². The summed E-state index contributed by atoms with van der Waals surface area (Å²) in [4.78, 5) is 8.54. The second-order valence-electron chi connectivity index (χ2n) is 9.31. The molecule has 0 aliphatic rings. The standard InChI is InChI=1S/C25H37N3S/c1-6-7-12-19-17-21-23(29-19)20-16-18(13-14-22(20)27-24(21)26)11-9-8-10-15-28(5)25(2,3)4/h13-14,16-17H,6-12,15H2,1-5H3,(H2,26,27). The van der Waals surface area contributed by atoms with Gasteiger partial charge >= 0.3 is 0 Å². The highest BCUT2D eigenvalue weighted by Gasteiger charge is 2.16. The summed E-state index contributed by atoms with van der Waals surface area (Å²) in [6, 6.07) is 8.99. The fourth-order valence-electron chi connectivity index (χ4n) is 3.70. The first-order valence-electron chi connectivity index (χ1n) is 11.1. The van der Waals surface area contributed by atoms with Gasteiger partial charge in [0, 0.05) is 25.9 Å². The summed E-state index contributed by atoms with van der Waals surface area (Å²) in [6.07, 6.45) is 8.49. The van der Waals surface area contributed by atoms with E-state index in [4.69, 9.17) is 5.73 Å². The Labute approximate surface area is 180 Å². The molecule has 0 aliphatic carbocycles. The minimum Gasteiger partial charge on any atom is -0.383 e. The Hall–Kier alpha value is -1.65. The van der Waals surface area contributed by atoms with E-state index in [-0.39, 0.29) is 5.54 Å². The number of nitrogens with zero attached hydrogens (tertiary/aromatic N) is 2. The second kappa shape index (κ2) is 9.44. The minimum atomic E-state index is 0.259. The molecular weight excluding hydrogens is 374 g/mol. The Morgan fingerprint density at radius 3 is 2.52 bits per heavy atom.